The third kappa shape index (κ3) is 4.63. The molecule has 0 aliphatic rings. The number of ether oxygens (including phenoxy) is 2. The number of hydrogen-bond donors (Lipinski definition) is 1. The number of anilines is 1. The minimum Gasteiger partial charge on any atom is -0.456 e. The Morgan fingerprint density at radius 2 is 1.69 bits per heavy atom. The van der Waals surface area contributed by atoms with Crippen LogP contribution >= 0.6 is 0 Å². The quantitative estimate of drug-likeness (QED) is 0.640. The van der Waals surface area contributed by atoms with E-state index in [0.29, 0.717) is 22.9 Å². The summed E-state index contributed by atoms with van der Waals surface area (Å²) in [6, 6.07) is 15.9. The van der Waals surface area contributed by atoms with Crippen LogP contribution in [-0.2, 0) is 16.6 Å². The molecule has 3 rings (SSSR count). The second kappa shape index (κ2) is 8.60. The summed E-state index contributed by atoms with van der Waals surface area (Å²) in [6.45, 7) is 5.18. The van der Waals surface area contributed by atoms with Crippen LogP contribution in [0, 0.1) is 13.8 Å². The molecule has 0 fully saturated rings. The van der Waals surface area contributed by atoms with Gasteiger partial charge in [-0.25, -0.2) is 4.79 Å². The number of nitrogens with zero attached hydrogens (tertiary/aromatic N) is 2. The van der Waals surface area contributed by atoms with Crippen molar-refractivity contribution in [3.63, 3.8) is 0 Å². The topological polar surface area (TPSA) is 82.5 Å². The van der Waals surface area contributed by atoms with Crippen LogP contribution in [0.2, 0.25) is 0 Å². The van der Waals surface area contributed by atoms with E-state index in [4.69, 9.17) is 9.47 Å². The zero-order valence-electron chi connectivity index (χ0n) is 16.8. The molecule has 7 heteroatoms. The van der Waals surface area contributed by atoms with Crippen LogP contribution in [0.25, 0.3) is 0 Å². The largest absolute Gasteiger partial charge is 0.456 e. The van der Waals surface area contributed by atoms with Gasteiger partial charge in [0.25, 0.3) is 5.91 Å². The van der Waals surface area contributed by atoms with Crippen LogP contribution in [0.4, 0.5) is 5.69 Å². The lowest BCUT2D eigenvalue weighted by Gasteiger charge is -2.15. The molecule has 0 radical (unpaired) electrons. The first-order chi connectivity index (χ1) is 13.9. The Kier molecular flexibility index (Phi) is 5.97. The standard InChI is InChI=1S/C22H23N3O4/c1-14-20(15(2)25(4)24-14)23-21(26)16(3)28-22(27)18-12-8-9-13-19(18)29-17-10-6-5-7-11-17/h5-13,16H,1-4H3,(H,23,26)/t16-/m1/s1. The van der Waals surface area contributed by atoms with E-state index in [1.807, 2.05) is 25.1 Å². The molecule has 0 aliphatic heterocycles. The van der Waals surface area contributed by atoms with Gasteiger partial charge in [-0.05, 0) is 45.0 Å². The first-order valence-electron chi connectivity index (χ1n) is 9.20. The number of amides is 1. The average molecular weight is 393 g/mol. The SMILES string of the molecule is Cc1nn(C)c(C)c1NC(=O)[C@@H](C)OC(=O)c1ccccc1Oc1ccccc1. The van der Waals surface area contributed by atoms with E-state index in [1.165, 1.54) is 6.92 Å². The molecular formula is C22H23N3O4. The Balaban J connectivity index is 1.70. The predicted molar refractivity (Wildman–Crippen MR) is 109 cm³/mol. The number of rotatable bonds is 6. The van der Waals surface area contributed by atoms with Crippen molar-refractivity contribution >= 4 is 17.6 Å². The number of esters is 1. The Hall–Kier alpha value is -3.61. The minimum atomic E-state index is -0.994. The molecule has 0 bridgehead atoms. The van der Waals surface area contributed by atoms with E-state index in [9.17, 15) is 9.59 Å². The molecule has 1 amide bonds. The van der Waals surface area contributed by atoms with E-state index in [1.54, 1.807) is 55.1 Å². The number of para-hydroxylation sites is 2. The molecule has 0 saturated heterocycles. The van der Waals surface area contributed by atoms with Gasteiger partial charge in [-0.3, -0.25) is 9.48 Å². The van der Waals surface area contributed by atoms with E-state index >= 15 is 0 Å². The van der Waals surface area contributed by atoms with E-state index < -0.39 is 18.0 Å². The van der Waals surface area contributed by atoms with Crippen LogP contribution in [0.5, 0.6) is 11.5 Å². The molecule has 1 heterocycles. The fourth-order valence-corrected chi connectivity index (χ4v) is 2.80. The molecule has 0 spiro atoms. The lowest BCUT2D eigenvalue weighted by molar-refractivity contribution is -0.123. The van der Waals surface area contributed by atoms with Crippen molar-refractivity contribution in [1.29, 1.82) is 0 Å². The summed E-state index contributed by atoms with van der Waals surface area (Å²) in [4.78, 5) is 25.2. The molecule has 3 aromatic rings. The summed E-state index contributed by atoms with van der Waals surface area (Å²) in [6.07, 6.45) is -0.994. The van der Waals surface area contributed by atoms with Crippen molar-refractivity contribution in [1.82, 2.24) is 9.78 Å². The maximum Gasteiger partial charge on any atom is 0.342 e. The van der Waals surface area contributed by atoms with Gasteiger partial charge in [0, 0.05) is 7.05 Å². The van der Waals surface area contributed by atoms with E-state index in [-0.39, 0.29) is 5.56 Å². The van der Waals surface area contributed by atoms with Crippen molar-refractivity contribution in [2.45, 2.75) is 26.9 Å². The first kappa shape index (κ1) is 20.1. The molecule has 2 aromatic carbocycles. The monoisotopic (exact) mass is 393 g/mol. The summed E-state index contributed by atoms with van der Waals surface area (Å²) in [5, 5.41) is 7.04. The summed E-state index contributed by atoms with van der Waals surface area (Å²) >= 11 is 0. The third-order valence-corrected chi connectivity index (χ3v) is 4.49. The summed E-state index contributed by atoms with van der Waals surface area (Å²) < 4.78 is 12.8. The van der Waals surface area contributed by atoms with Crippen molar-refractivity contribution in [3.05, 3.63) is 71.5 Å². The molecule has 1 aromatic heterocycles. The number of hydrogen-bond acceptors (Lipinski definition) is 5. The van der Waals surface area contributed by atoms with E-state index in [2.05, 4.69) is 10.4 Å². The molecular weight excluding hydrogens is 370 g/mol. The van der Waals surface area contributed by atoms with Gasteiger partial charge in [-0.2, -0.15) is 5.10 Å². The highest BCUT2D eigenvalue weighted by molar-refractivity contribution is 5.98. The lowest BCUT2D eigenvalue weighted by Crippen LogP contribution is -2.30. The second-order valence-electron chi connectivity index (χ2n) is 6.62. The number of carbonyl (C=O) groups excluding carboxylic acids is 2. The highest BCUT2D eigenvalue weighted by atomic mass is 16.5. The zero-order chi connectivity index (χ0) is 21.0. The van der Waals surface area contributed by atoms with Gasteiger partial charge in [-0.1, -0.05) is 30.3 Å². The van der Waals surface area contributed by atoms with Gasteiger partial charge in [0.15, 0.2) is 6.10 Å². The Morgan fingerprint density at radius 1 is 1.03 bits per heavy atom. The maximum atomic E-state index is 12.7. The van der Waals surface area contributed by atoms with Crippen molar-refractivity contribution < 1.29 is 19.1 Å². The first-order valence-corrected chi connectivity index (χ1v) is 9.20. The van der Waals surface area contributed by atoms with Crippen LogP contribution in [0.15, 0.2) is 54.6 Å². The van der Waals surface area contributed by atoms with Gasteiger partial charge in [0.1, 0.15) is 17.1 Å². The molecule has 0 saturated carbocycles. The second-order valence-corrected chi connectivity index (χ2v) is 6.62. The summed E-state index contributed by atoms with van der Waals surface area (Å²) in [7, 11) is 1.80. The van der Waals surface area contributed by atoms with Gasteiger partial charge >= 0.3 is 5.97 Å². The molecule has 1 N–H and O–H groups in total. The predicted octanol–water partition coefficient (Wildman–Crippen LogP) is 4.01. The van der Waals surface area contributed by atoms with Crippen LogP contribution in [0.1, 0.15) is 28.7 Å². The highest BCUT2D eigenvalue weighted by Gasteiger charge is 2.23. The average Bonchev–Trinajstić information content (AvgIpc) is 2.95. The molecule has 29 heavy (non-hydrogen) atoms. The fourth-order valence-electron chi connectivity index (χ4n) is 2.80. The number of aromatic nitrogens is 2. The van der Waals surface area contributed by atoms with Crippen molar-refractivity contribution in [3.8, 4) is 11.5 Å². The number of nitrogens with one attached hydrogen (secondary N) is 1. The van der Waals surface area contributed by atoms with Gasteiger partial charge in [0.05, 0.1) is 17.1 Å². The van der Waals surface area contributed by atoms with Gasteiger partial charge in [0.2, 0.25) is 0 Å². The van der Waals surface area contributed by atoms with Crippen molar-refractivity contribution in [2.75, 3.05) is 5.32 Å². The molecule has 150 valence electrons. The van der Waals surface area contributed by atoms with Crippen LogP contribution < -0.4 is 10.1 Å². The van der Waals surface area contributed by atoms with Crippen LogP contribution in [0.3, 0.4) is 0 Å². The zero-order valence-corrected chi connectivity index (χ0v) is 16.8. The highest BCUT2D eigenvalue weighted by Crippen LogP contribution is 2.26. The smallest absolute Gasteiger partial charge is 0.342 e. The number of benzene rings is 2. The minimum absolute atomic E-state index is 0.241. The molecule has 1 atom stereocenters. The lowest BCUT2D eigenvalue weighted by atomic mass is 10.2. The number of carbonyl (C=O) groups is 2. The normalized spacial score (nSPS) is 11.6. The van der Waals surface area contributed by atoms with Crippen LogP contribution in [-0.4, -0.2) is 27.8 Å². The van der Waals surface area contributed by atoms with Crippen molar-refractivity contribution in [2.24, 2.45) is 7.05 Å². The summed E-state index contributed by atoms with van der Waals surface area (Å²) in [5.74, 6) is -0.117. The Morgan fingerprint density at radius 3 is 2.34 bits per heavy atom. The van der Waals surface area contributed by atoms with Gasteiger partial charge in [-0.15, -0.1) is 0 Å². The fraction of sp³-hybridized carbons (Fsp3) is 0.227. The molecule has 0 unspecified atom stereocenters. The molecule has 0 aliphatic carbocycles. The van der Waals surface area contributed by atoms with E-state index in [0.717, 1.165) is 5.69 Å². The number of aryl methyl sites for hydroxylation is 2. The molecule has 7 nitrogen and oxygen atoms in total. The maximum absolute atomic E-state index is 12.7. The third-order valence-electron chi connectivity index (χ3n) is 4.49. The Bertz CT molecular complexity index is 1030. The summed E-state index contributed by atoms with van der Waals surface area (Å²) in [5.41, 5.74) is 2.37. The Labute approximate surface area is 169 Å². The van der Waals surface area contributed by atoms with Gasteiger partial charge < -0.3 is 14.8 Å².